The summed E-state index contributed by atoms with van der Waals surface area (Å²) in [5.41, 5.74) is 2.47. The lowest BCUT2D eigenvalue weighted by Gasteiger charge is -2.14. The molecule has 1 aromatic rings. The second-order valence-electron chi connectivity index (χ2n) is 2.86. The van der Waals surface area contributed by atoms with E-state index >= 15 is 0 Å². The number of alkyl halides is 5. The van der Waals surface area contributed by atoms with Gasteiger partial charge >= 0.3 is 6.18 Å². The Hall–Kier alpha value is -0.950. The summed E-state index contributed by atoms with van der Waals surface area (Å²) in [6, 6.07) is 0. The van der Waals surface area contributed by atoms with Crippen molar-refractivity contribution in [2.75, 3.05) is 0 Å². The highest BCUT2D eigenvalue weighted by Gasteiger charge is 2.37. The first-order chi connectivity index (χ1) is 7.29. The quantitative estimate of drug-likeness (QED) is 0.830. The molecule has 0 aromatic carbocycles. The average molecular weight is 261 g/mol. The summed E-state index contributed by atoms with van der Waals surface area (Å²) >= 11 is 5.25. The molecule has 0 saturated carbocycles. The lowest BCUT2D eigenvalue weighted by atomic mass is 10.1. The zero-order valence-corrected chi connectivity index (χ0v) is 8.41. The standard InChI is InChI=1S/C8H6ClF5N2/c9-5-4(7(10)11)3(1-15)2-16-6(5)8(12,13)14/h2,7H,1,15H2. The zero-order valence-electron chi connectivity index (χ0n) is 7.65. The molecule has 1 aromatic heterocycles. The minimum absolute atomic E-state index is 0.201. The number of rotatable bonds is 2. The summed E-state index contributed by atoms with van der Waals surface area (Å²) < 4.78 is 61.9. The molecule has 0 bridgehead atoms. The number of halogens is 6. The van der Waals surface area contributed by atoms with Crippen LogP contribution in [0.25, 0.3) is 0 Å². The topological polar surface area (TPSA) is 38.9 Å². The number of aromatic nitrogens is 1. The Morgan fingerprint density at radius 3 is 2.31 bits per heavy atom. The van der Waals surface area contributed by atoms with Crippen molar-refractivity contribution in [1.29, 1.82) is 0 Å². The van der Waals surface area contributed by atoms with E-state index in [-0.39, 0.29) is 12.1 Å². The van der Waals surface area contributed by atoms with Crippen LogP contribution in [0.3, 0.4) is 0 Å². The molecule has 1 rings (SSSR count). The second-order valence-corrected chi connectivity index (χ2v) is 3.24. The van der Waals surface area contributed by atoms with Crippen LogP contribution in [0.4, 0.5) is 22.0 Å². The van der Waals surface area contributed by atoms with Gasteiger partial charge in [0.05, 0.1) is 5.02 Å². The highest BCUT2D eigenvalue weighted by atomic mass is 35.5. The minimum atomic E-state index is -4.87. The van der Waals surface area contributed by atoms with E-state index in [9.17, 15) is 22.0 Å². The van der Waals surface area contributed by atoms with Crippen molar-refractivity contribution in [3.8, 4) is 0 Å². The monoisotopic (exact) mass is 260 g/mol. The second kappa shape index (κ2) is 4.50. The van der Waals surface area contributed by atoms with Crippen LogP contribution in [0, 0.1) is 0 Å². The Morgan fingerprint density at radius 2 is 1.94 bits per heavy atom. The lowest BCUT2D eigenvalue weighted by Crippen LogP contribution is -2.13. The van der Waals surface area contributed by atoms with E-state index in [4.69, 9.17) is 17.3 Å². The first-order valence-corrected chi connectivity index (χ1v) is 4.39. The van der Waals surface area contributed by atoms with Crippen LogP contribution in [-0.4, -0.2) is 4.98 Å². The van der Waals surface area contributed by atoms with Crippen molar-refractivity contribution >= 4 is 11.6 Å². The van der Waals surface area contributed by atoms with E-state index in [1.54, 1.807) is 0 Å². The van der Waals surface area contributed by atoms with Crippen molar-refractivity contribution in [2.45, 2.75) is 19.1 Å². The van der Waals surface area contributed by atoms with Gasteiger partial charge in [0.2, 0.25) is 0 Å². The van der Waals surface area contributed by atoms with Crippen LogP contribution in [-0.2, 0) is 12.7 Å². The fourth-order valence-electron chi connectivity index (χ4n) is 1.13. The van der Waals surface area contributed by atoms with Gasteiger partial charge in [0.25, 0.3) is 6.43 Å². The molecule has 0 amide bonds. The molecule has 0 fully saturated rings. The highest BCUT2D eigenvalue weighted by molar-refractivity contribution is 6.32. The Labute approximate surface area is 92.2 Å². The summed E-state index contributed by atoms with van der Waals surface area (Å²) in [6.45, 7) is -0.357. The van der Waals surface area contributed by atoms with E-state index in [0.29, 0.717) is 6.20 Å². The smallest absolute Gasteiger partial charge is 0.326 e. The number of hydrogen-bond donors (Lipinski definition) is 1. The Bertz CT molecular complexity index is 391. The molecule has 16 heavy (non-hydrogen) atoms. The third-order valence-corrected chi connectivity index (χ3v) is 2.23. The van der Waals surface area contributed by atoms with Crippen LogP contribution in [0.15, 0.2) is 6.20 Å². The SMILES string of the molecule is NCc1cnc(C(F)(F)F)c(Cl)c1C(F)F. The molecule has 0 aliphatic heterocycles. The molecule has 1 heterocycles. The van der Waals surface area contributed by atoms with E-state index in [0.717, 1.165) is 0 Å². The zero-order chi connectivity index (χ0) is 12.5. The molecule has 0 aliphatic carbocycles. The molecule has 90 valence electrons. The Morgan fingerprint density at radius 1 is 1.38 bits per heavy atom. The van der Waals surface area contributed by atoms with Crippen molar-refractivity contribution < 1.29 is 22.0 Å². The van der Waals surface area contributed by atoms with Gasteiger partial charge in [-0.15, -0.1) is 0 Å². The van der Waals surface area contributed by atoms with Gasteiger partial charge in [-0.3, -0.25) is 0 Å². The third kappa shape index (κ3) is 2.41. The molecule has 0 aliphatic rings. The molecule has 2 N–H and O–H groups in total. The van der Waals surface area contributed by atoms with E-state index in [1.807, 2.05) is 0 Å². The highest BCUT2D eigenvalue weighted by Crippen LogP contribution is 2.39. The van der Waals surface area contributed by atoms with Gasteiger partial charge < -0.3 is 5.73 Å². The minimum Gasteiger partial charge on any atom is -0.326 e. The lowest BCUT2D eigenvalue weighted by molar-refractivity contribution is -0.141. The maximum absolute atomic E-state index is 12.5. The van der Waals surface area contributed by atoms with E-state index < -0.39 is 28.9 Å². The normalized spacial score (nSPS) is 12.2. The molecule has 0 spiro atoms. The van der Waals surface area contributed by atoms with E-state index in [1.165, 1.54) is 0 Å². The first kappa shape index (κ1) is 13.1. The van der Waals surface area contributed by atoms with Crippen molar-refractivity contribution in [3.63, 3.8) is 0 Å². The predicted molar refractivity (Wildman–Crippen MR) is 47.1 cm³/mol. The fraction of sp³-hybridized carbons (Fsp3) is 0.375. The van der Waals surface area contributed by atoms with Crippen LogP contribution >= 0.6 is 11.6 Å². The maximum Gasteiger partial charge on any atom is 0.434 e. The molecule has 0 unspecified atom stereocenters. The molecule has 0 radical (unpaired) electrons. The first-order valence-electron chi connectivity index (χ1n) is 4.01. The largest absolute Gasteiger partial charge is 0.434 e. The average Bonchev–Trinajstić information content (AvgIpc) is 2.14. The van der Waals surface area contributed by atoms with Crippen LogP contribution in [0.1, 0.15) is 23.2 Å². The number of nitrogens with zero attached hydrogens (tertiary/aromatic N) is 1. The molecule has 0 saturated heterocycles. The fourth-order valence-corrected chi connectivity index (χ4v) is 1.49. The molecule has 2 nitrogen and oxygen atoms in total. The van der Waals surface area contributed by atoms with Crippen LogP contribution in [0.5, 0.6) is 0 Å². The van der Waals surface area contributed by atoms with Crippen LogP contribution in [0.2, 0.25) is 5.02 Å². The Balaban J connectivity index is 3.44. The van der Waals surface area contributed by atoms with Crippen LogP contribution < -0.4 is 5.73 Å². The van der Waals surface area contributed by atoms with Gasteiger partial charge in [0.15, 0.2) is 5.69 Å². The molecular weight excluding hydrogens is 255 g/mol. The van der Waals surface area contributed by atoms with Gasteiger partial charge in [0.1, 0.15) is 0 Å². The number of hydrogen-bond acceptors (Lipinski definition) is 2. The van der Waals surface area contributed by atoms with Crippen molar-refractivity contribution in [2.24, 2.45) is 5.73 Å². The summed E-state index contributed by atoms with van der Waals surface area (Å²) in [7, 11) is 0. The van der Waals surface area contributed by atoms with Gasteiger partial charge in [-0.2, -0.15) is 13.2 Å². The third-order valence-electron chi connectivity index (χ3n) is 1.85. The molecule has 0 atom stereocenters. The van der Waals surface area contributed by atoms with Gasteiger partial charge in [-0.05, 0) is 5.56 Å². The summed E-state index contributed by atoms with van der Waals surface area (Å²) in [5.74, 6) is 0. The predicted octanol–water partition coefficient (Wildman–Crippen LogP) is 3.15. The number of pyridine rings is 1. The summed E-state index contributed by atoms with van der Waals surface area (Å²) in [5, 5.41) is -1.09. The van der Waals surface area contributed by atoms with Crippen molar-refractivity contribution in [3.05, 3.63) is 28.0 Å². The van der Waals surface area contributed by atoms with E-state index in [2.05, 4.69) is 4.98 Å². The Kier molecular flexibility index (Phi) is 3.69. The van der Waals surface area contributed by atoms with Gasteiger partial charge in [0, 0.05) is 18.3 Å². The number of nitrogens with two attached hydrogens (primary N) is 1. The molecule has 8 heteroatoms. The summed E-state index contributed by atoms with van der Waals surface area (Å²) in [6.07, 6.45) is -7.33. The van der Waals surface area contributed by atoms with Crippen molar-refractivity contribution in [1.82, 2.24) is 4.98 Å². The van der Waals surface area contributed by atoms with Gasteiger partial charge in [-0.25, -0.2) is 13.8 Å². The molecular formula is C8H6ClF5N2. The summed E-state index contributed by atoms with van der Waals surface area (Å²) in [4.78, 5) is 2.99. The maximum atomic E-state index is 12.5. The van der Waals surface area contributed by atoms with Gasteiger partial charge in [-0.1, -0.05) is 11.6 Å².